The van der Waals surface area contributed by atoms with Gasteiger partial charge in [-0.15, -0.1) is 0 Å². The summed E-state index contributed by atoms with van der Waals surface area (Å²) in [4.78, 5) is 2.37. The molecule has 2 aliphatic rings. The molecule has 0 aliphatic heterocycles. The molecule has 0 bridgehead atoms. The van der Waals surface area contributed by atoms with Crippen molar-refractivity contribution < 1.29 is 9.84 Å². The van der Waals surface area contributed by atoms with E-state index in [0.717, 1.165) is 32.5 Å². The molecule has 3 heteroatoms. The molecule has 2 aliphatic carbocycles. The maximum absolute atomic E-state index is 9.15. The second-order valence-electron chi connectivity index (χ2n) is 5.01. The van der Waals surface area contributed by atoms with E-state index in [1.165, 1.54) is 11.1 Å². The number of nitrogens with zero attached hydrogens (tertiary/aromatic N) is 1. The van der Waals surface area contributed by atoms with E-state index in [2.05, 4.69) is 41.4 Å². The minimum atomic E-state index is -0.682. The molecule has 1 N–H and O–H groups in total. The number of ether oxygens (including phenoxy) is 1. The predicted molar refractivity (Wildman–Crippen MR) is 77.8 cm³/mol. The highest BCUT2D eigenvalue weighted by Crippen LogP contribution is 2.14. The van der Waals surface area contributed by atoms with Crippen LogP contribution in [0.5, 0.6) is 0 Å². The Labute approximate surface area is 115 Å². The van der Waals surface area contributed by atoms with Gasteiger partial charge >= 0.3 is 0 Å². The average Bonchev–Trinajstić information content (AvgIpc) is 3.01. The first kappa shape index (κ1) is 14.3. The summed E-state index contributed by atoms with van der Waals surface area (Å²) in [6, 6.07) is 0. The Balaban J connectivity index is 1.84. The van der Waals surface area contributed by atoms with Crippen molar-refractivity contribution in [1.29, 1.82) is 0 Å². The molecule has 0 aromatic carbocycles. The SMILES string of the molecule is CC(O)OCCN(CC1=CCC=C1)CC1=CCC=C1. The molecule has 3 nitrogen and oxygen atoms in total. The number of aliphatic hydroxyl groups is 1. The fourth-order valence-electron chi connectivity index (χ4n) is 2.33. The van der Waals surface area contributed by atoms with Crippen LogP contribution in [0.25, 0.3) is 0 Å². The monoisotopic (exact) mass is 261 g/mol. The van der Waals surface area contributed by atoms with E-state index >= 15 is 0 Å². The molecule has 1 atom stereocenters. The van der Waals surface area contributed by atoms with Crippen LogP contribution in [-0.2, 0) is 4.74 Å². The number of hydrogen-bond donors (Lipinski definition) is 1. The van der Waals surface area contributed by atoms with Gasteiger partial charge in [0.25, 0.3) is 0 Å². The Morgan fingerprint density at radius 1 is 1.16 bits per heavy atom. The van der Waals surface area contributed by atoms with Gasteiger partial charge in [-0.25, -0.2) is 0 Å². The molecule has 0 fully saturated rings. The highest BCUT2D eigenvalue weighted by molar-refractivity contribution is 5.30. The van der Waals surface area contributed by atoms with Crippen molar-refractivity contribution in [2.45, 2.75) is 26.1 Å². The molecule has 1 unspecified atom stereocenters. The molecular formula is C16H23NO2. The number of hydrogen-bond acceptors (Lipinski definition) is 3. The summed E-state index contributed by atoms with van der Waals surface area (Å²) in [6.07, 6.45) is 14.7. The maximum atomic E-state index is 9.15. The van der Waals surface area contributed by atoms with Gasteiger partial charge in [0, 0.05) is 19.6 Å². The highest BCUT2D eigenvalue weighted by atomic mass is 16.6. The Kier molecular flexibility index (Phi) is 5.58. The van der Waals surface area contributed by atoms with Gasteiger partial charge in [0.2, 0.25) is 0 Å². The van der Waals surface area contributed by atoms with E-state index in [1.807, 2.05) is 0 Å². The van der Waals surface area contributed by atoms with Crippen molar-refractivity contribution in [3.63, 3.8) is 0 Å². The minimum absolute atomic E-state index is 0.561. The van der Waals surface area contributed by atoms with Gasteiger partial charge in [-0.05, 0) is 30.9 Å². The number of aliphatic hydroxyl groups excluding tert-OH is 1. The van der Waals surface area contributed by atoms with Gasteiger partial charge in [-0.3, -0.25) is 4.90 Å². The maximum Gasteiger partial charge on any atom is 0.151 e. The van der Waals surface area contributed by atoms with Gasteiger partial charge < -0.3 is 9.84 Å². The molecule has 0 radical (unpaired) electrons. The zero-order valence-electron chi connectivity index (χ0n) is 11.6. The van der Waals surface area contributed by atoms with Crippen molar-refractivity contribution >= 4 is 0 Å². The third kappa shape index (κ3) is 5.15. The molecule has 2 rings (SSSR count). The second kappa shape index (κ2) is 7.43. The second-order valence-corrected chi connectivity index (χ2v) is 5.01. The van der Waals surface area contributed by atoms with Crippen molar-refractivity contribution in [2.24, 2.45) is 0 Å². The summed E-state index contributed by atoms with van der Waals surface area (Å²) in [5, 5.41) is 9.15. The number of rotatable bonds is 8. The highest BCUT2D eigenvalue weighted by Gasteiger charge is 2.11. The van der Waals surface area contributed by atoms with Crippen molar-refractivity contribution in [3.8, 4) is 0 Å². The standard InChI is InChI=1S/C16H23NO2/c1-14(18)19-11-10-17(12-15-6-2-3-7-15)13-16-8-4-5-9-16/h2,4,6-9,14,18H,3,5,10-13H2,1H3. The Bertz CT molecular complexity index is 373. The summed E-state index contributed by atoms with van der Waals surface area (Å²) in [6.45, 7) is 4.94. The van der Waals surface area contributed by atoms with E-state index in [4.69, 9.17) is 9.84 Å². The number of allylic oxidation sites excluding steroid dienone is 4. The fraction of sp³-hybridized carbons (Fsp3) is 0.500. The Morgan fingerprint density at radius 3 is 2.16 bits per heavy atom. The first-order valence-corrected chi connectivity index (χ1v) is 6.97. The van der Waals surface area contributed by atoms with Crippen LogP contribution in [0.2, 0.25) is 0 Å². The van der Waals surface area contributed by atoms with Crippen LogP contribution in [0, 0.1) is 0 Å². The van der Waals surface area contributed by atoms with E-state index < -0.39 is 6.29 Å². The summed E-state index contributed by atoms with van der Waals surface area (Å²) in [5.74, 6) is 0. The van der Waals surface area contributed by atoms with Crippen LogP contribution in [0.4, 0.5) is 0 Å². The smallest absolute Gasteiger partial charge is 0.151 e. The zero-order chi connectivity index (χ0) is 13.5. The molecular weight excluding hydrogens is 238 g/mol. The summed E-state index contributed by atoms with van der Waals surface area (Å²) in [7, 11) is 0. The fourth-order valence-corrected chi connectivity index (χ4v) is 2.33. The van der Waals surface area contributed by atoms with Gasteiger partial charge in [0.15, 0.2) is 6.29 Å². The van der Waals surface area contributed by atoms with E-state index in [9.17, 15) is 0 Å². The van der Waals surface area contributed by atoms with Crippen molar-refractivity contribution in [3.05, 3.63) is 47.6 Å². The molecule has 0 heterocycles. The topological polar surface area (TPSA) is 32.7 Å². The summed E-state index contributed by atoms with van der Waals surface area (Å²) < 4.78 is 5.24. The third-order valence-corrected chi connectivity index (χ3v) is 3.28. The summed E-state index contributed by atoms with van der Waals surface area (Å²) in [5.41, 5.74) is 2.75. The molecule has 0 aromatic heterocycles. The minimum Gasteiger partial charge on any atom is -0.368 e. The lowest BCUT2D eigenvalue weighted by Crippen LogP contribution is -2.31. The average molecular weight is 261 g/mol. The van der Waals surface area contributed by atoms with Crippen LogP contribution in [-0.4, -0.2) is 42.5 Å². The first-order valence-electron chi connectivity index (χ1n) is 6.97. The molecule has 0 saturated heterocycles. The van der Waals surface area contributed by atoms with Crippen molar-refractivity contribution in [2.75, 3.05) is 26.2 Å². The van der Waals surface area contributed by atoms with Crippen LogP contribution in [0.15, 0.2) is 47.6 Å². The molecule has 0 spiro atoms. The Hall–Kier alpha value is -1.16. The molecule has 0 saturated carbocycles. The molecule has 0 amide bonds. The zero-order valence-corrected chi connectivity index (χ0v) is 11.6. The first-order chi connectivity index (χ1) is 9.24. The van der Waals surface area contributed by atoms with Gasteiger partial charge in [-0.1, -0.05) is 36.5 Å². The van der Waals surface area contributed by atoms with E-state index in [0.29, 0.717) is 6.61 Å². The lowest BCUT2D eigenvalue weighted by Gasteiger charge is -2.23. The largest absolute Gasteiger partial charge is 0.368 e. The van der Waals surface area contributed by atoms with Crippen molar-refractivity contribution in [1.82, 2.24) is 4.90 Å². The lowest BCUT2D eigenvalue weighted by molar-refractivity contribution is -0.0886. The van der Waals surface area contributed by atoms with Gasteiger partial charge in [0.1, 0.15) is 0 Å². The Morgan fingerprint density at radius 2 is 1.74 bits per heavy atom. The summed E-state index contributed by atoms with van der Waals surface area (Å²) >= 11 is 0. The van der Waals surface area contributed by atoms with Gasteiger partial charge in [0.05, 0.1) is 6.61 Å². The normalized spacial score (nSPS) is 19.1. The van der Waals surface area contributed by atoms with E-state index in [1.54, 1.807) is 6.92 Å². The van der Waals surface area contributed by atoms with Crippen LogP contribution < -0.4 is 0 Å². The molecule has 19 heavy (non-hydrogen) atoms. The van der Waals surface area contributed by atoms with Crippen LogP contribution >= 0.6 is 0 Å². The quantitative estimate of drug-likeness (QED) is 0.681. The predicted octanol–water partition coefficient (Wildman–Crippen LogP) is 2.42. The van der Waals surface area contributed by atoms with Crippen LogP contribution in [0.3, 0.4) is 0 Å². The lowest BCUT2D eigenvalue weighted by atomic mass is 10.2. The van der Waals surface area contributed by atoms with E-state index in [-0.39, 0.29) is 0 Å². The van der Waals surface area contributed by atoms with Crippen LogP contribution in [0.1, 0.15) is 19.8 Å². The molecule has 104 valence electrons. The third-order valence-electron chi connectivity index (χ3n) is 3.28. The molecule has 0 aromatic rings. The van der Waals surface area contributed by atoms with Gasteiger partial charge in [-0.2, -0.15) is 0 Å².